The number of carbonyl (C=O) groups is 1. The van der Waals surface area contributed by atoms with Crippen molar-refractivity contribution in [2.24, 2.45) is 0 Å². The number of carbonyl (C=O) groups excluding carboxylic acids is 1. The number of rotatable bonds is 13. The largest absolute Gasteiger partial charge is 0.459 e. The van der Waals surface area contributed by atoms with E-state index >= 15 is 0 Å². The summed E-state index contributed by atoms with van der Waals surface area (Å²) < 4.78 is 5.53. The van der Waals surface area contributed by atoms with Crippen LogP contribution in [0.25, 0.3) is 0 Å². The summed E-state index contributed by atoms with van der Waals surface area (Å²) in [6.07, 6.45) is 11.7. The Morgan fingerprint density at radius 1 is 1.16 bits per heavy atom. The van der Waals surface area contributed by atoms with E-state index in [1.165, 1.54) is 49.9 Å². The van der Waals surface area contributed by atoms with Gasteiger partial charge in [-0.15, -0.1) is 6.58 Å². The van der Waals surface area contributed by atoms with Crippen molar-refractivity contribution in [1.82, 2.24) is 0 Å². The zero-order valence-corrected chi connectivity index (χ0v) is 15.1. The fourth-order valence-electron chi connectivity index (χ4n) is 2.65. The highest BCUT2D eigenvalue weighted by atomic mass is 16.6. The Morgan fingerprint density at radius 2 is 1.76 bits per heavy atom. The summed E-state index contributed by atoms with van der Waals surface area (Å²) in [5, 5.41) is 10.6. The third kappa shape index (κ3) is 8.47. The van der Waals surface area contributed by atoms with Crippen LogP contribution in [0.5, 0.6) is 0 Å². The van der Waals surface area contributed by atoms with Gasteiger partial charge in [0.1, 0.15) is 6.10 Å². The summed E-state index contributed by atoms with van der Waals surface area (Å²) in [6, 6.07) is 5.53. The monoisotopic (exact) mass is 347 g/mol. The lowest BCUT2D eigenvalue weighted by atomic mass is 10.0. The third-order valence-corrected chi connectivity index (χ3v) is 4.23. The SMILES string of the molecule is C=CCCCCCCCCC(CC)OC(=O)c1ccc([N+](=O)[O-])cc1. The van der Waals surface area contributed by atoms with Crippen LogP contribution in [0.2, 0.25) is 0 Å². The van der Waals surface area contributed by atoms with Crippen molar-refractivity contribution in [3.8, 4) is 0 Å². The number of nitro groups is 1. The Hall–Kier alpha value is -2.17. The Morgan fingerprint density at radius 3 is 2.32 bits per heavy atom. The number of esters is 1. The van der Waals surface area contributed by atoms with Gasteiger partial charge in [-0.2, -0.15) is 0 Å². The van der Waals surface area contributed by atoms with Gasteiger partial charge in [0.2, 0.25) is 0 Å². The molecule has 0 N–H and O–H groups in total. The van der Waals surface area contributed by atoms with E-state index in [1.807, 2.05) is 13.0 Å². The van der Waals surface area contributed by atoms with Gasteiger partial charge in [-0.05, 0) is 44.2 Å². The molecule has 0 aliphatic heterocycles. The zero-order chi connectivity index (χ0) is 18.5. The molecule has 1 aromatic carbocycles. The molecule has 0 saturated heterocycles. The van der Waals surface area contributed by atoms with Crippen LogP contribution in [-0.2, 0) is 4.74 Å². The molecular formula is C20H29NO4. The lowest BCUT2D eigenvalue weighted by Gasteiger charge is -2.16. The third-order valence-electron chi connectivity index (χ3n) is 4.23. The molecule has 1 aromatic rings. The van der Waals surface area contributed by atoms with E-state index in [2.05, 4.69) is 6.58 Å². The summed E-state index contributed by atoms with van der Waals surface area (Å²) >= 11 is 0. The second-order valence-corrected chi connectivity index (χ2v) is 6.23. The fraction of sp³-hybridized carbons (Fsp3) is 0.550. The van der Waals surface area contributed by atoms with Crippen molar-refractivity contribution in [3.63, 3.8) is 0 Å². The van der Waals surface area contributed by atoms with E-state index in [0.29, 0.717) is 5.56 Å². The van der Waals surface area contributed by atoms with Crippen LogP contribution >= 0.6 is 0 Å². The van der Waals surface area contributed by atoms with Crippen LogP contribution in [-0.4, -0.2) is 17.0 Å². The van der Waals surface area contributed by atoms with Gasteiger partial charge >= 0.3 is 5.97 Å². The molecule has 138 valence electrons. The maximum atomic E-state index is 12.1. The van der Waals surface area contributed by atoms with Gasteiger partial charge in [-0.25, -0.2) is 4.79 Å². The molecule has 0 spiro atoms. The summed E-state index contributed by atoms with van der Waals surface area (Å²) in [5.41, 5.74) is 0.322. The number of nitro benzene ring substituents is 1. The lowest BCUT2D eigenvalue weighted by molar-refractivity contribution is -0.384. The Bertz CT molecular complexity index is 539. The lowest BCUT2D eigenvalue weighted by Crippen LogP contribution is -2.17. The summed E-state index contributed by atoms with van der Waals surface area (Å²) in [5.74, 6) is -0.411. The predicted molar refractivity (Wildman–Crippen MR) is 99.7 cm³/mol. The van der Waals surface area contributed by atoms with Crippen molar-refractivity contribution in [1.29, 1.82) is 0 Å². The molecule has 1 unspecified atom stereocenters. The first kappa shape index (κ1) is 20.9. The molecule has 0 radical (unpaired) electrons. The van der Waals surface area contributed by atoms with Crippen molar-refractivity contribution >= 4 is 11.7 Å². The summed E-state index contributed by atoms with van der Waals surface area (Å²) in [7, 11) is 0. The number of benzene rings is 1. The molecule has 25 heavy (non-hydrogen) atoms. The number of ether oxygens (including phenoxy) is 1. The molecule has 1 rings (SSSR count). The average molecular weight is 347 g/mol. The van der Waals surface area contributed by atoms with Gasteiger partial charge in [0.25, 0.3) is 5.69 Å². The van der Waals surface area contributed by atoms with Gasteiger partial charge < -0.3 is 4.74 Å². The van der Waals surface area contributed by atoms with E-state index in [4.69, 9.17) is 4.74 Å². The second-order valence-electron chi connectivity index (χ2n) is 6.23. The molecule has 0 aliphatic rings. The highest BCUT2D eigenvalue weighted by molar-refractivity contribution is 5.89. The molecule has 0 aliphatic carbocycles. The number of allylic oxidation sites excluding steroid dienone is 1. The molecule has 5 heteroatoms. The van der Waals surface area contributed by atoms with Gasteiger partial charge in [0.15, 0.2) is 0 Å². The van der Waals surface area contributed by atoms with Crippen LogP contribution in [0, 0.1) is 10.1 Å². The van der Waals surface area contributed by atoms with Crippen LogP contribution in [0.4, 0.5) is 5.69 Å². The first-order chi connectivity index (χ1) is 12.1. The minimum Gasteiger partial charge on any atom is -0.459 e. The smallest absolute Gasteiger partial charge is 0.338 e. The van der Waals surface area contributed by atoms with E-state index < -0.39 is 10.9 Å². The van der Waals surface area contributed by atoms with Gasteiger partial charge in [0, 0.05) is 12.1 Å². The Balaban J connectivity index is 2.29. The topological polar surface area (TPSA) is 69.4 Å². The maximum absolute atomic E-state index is 12.1. The highest BCUT2D eigenvalue weighted by Crippen LogP contribution is 2.17. The van der Waals surface area contributed by atoms with Gasteiger partial charge in [-0.1, -0.05) is 38.7 Å². The van der Waals surface area contributed by atoms with E-state index in [-0.39, 0.29) is 11.8 Å². The Kier molecular flexibility index (Phi) is 10.2. The molecule has 0 aromatic heterocycles. The van der Waals surface area contributed by atoms with Crippen LogP contribution in [0.1, 0.15) is 75.1 Å². The van der Waals surface area contributed by atoms with Crippen molar-refractivity contribution < 1.29 is 14.5 Å². The zero-order valence-electron chi connectivity index (χ0n) is 15.1. The van der Waals surface area contributed by atoms with E-state index in [9.17, 15) is 14.9 Å². The number of nitrogens with zero attached hydrogens (tertiary/aromatic N) is 1. The normalized spacial score (nSPS) is 11.7. The standard InChI is InChI=1S/C20H29NO4/c1-3-5-6-7-8-9-10-11-12-19(4-2)25-20(22)17-13-15-18(16-14-17)21(23)24/h3,13-16,19H,1,4-12H2,2H3. The molecular weight excluding hydrogens is 318 g/mol. The second kappa shape index (κ2) is 12.2. The minimum absolute atomic E-state index is 0.0309. The first-order valence-corrected chi connectivity index (χ1v) is 9.14. The maximum Gasteiger partial charge on any atom is 0.338 e. The number of hydrogen-bond acceptors (Lipinski definition) is 4. The first-order valence-electron chi connectivity index (χ1n) is 9.14. The van der Waals surface area contributed by atoms with Crippen molar-refractivity contribution in [2.75, 3.05) is 0 Å². The van der Waals surface area contributed by atoms with E-state index in [1.54, 1.807) is 0 Å². The average Bonchev–Trinajstić information content (AvgIpc) is 2.62. The van der Waals surface area contributed by atoms with E-state index in [0.717, 1.165) is 32.1 Å². The molecule has 0 amide bonds. The van der Waals surface area contributed by atoms with Crippen LogP contribution < -0.4 is 0 Å². The van der Waals surface area contributed by atoms with Crippen LogP contribution in [0.15, 0.2) is 36.9 Å². The van der Waals surface area contributed by atoms with Crippen molar-refractivity contribution in [3.05, 3.63) is 52.6 Å². The molecule has 5 nitrogen and oxygen atoms in total. The predicted octanol–water partition coefficient (Wildman–Crippen LogP) is 5.84. The molecule has 0 heterocycles. The summed E-state index contributed by atoms with van der Waals surface area (Å²) in [6.45, 7) is 5.73. The molecule has 0 fully saturated rings. The van der Waals surface area contributed by atoms with Crippen molar-refractivity contribution in [2.45, 2.75) is 70.8 Å². The quantitative estimate of drug-likeness (QED) is 0.148. The molecule has 0 saturated carbocycles. The number of hydrogen-bond donors (Lipinski definition) is 0. The number of non-ortho nitro benzene ring substituents is 1. The minimum atomic E-state index is -0.485. The highest BCUT2D eigenvalue weighted by Gasteiger charge is 2.15. The number of unbranched alkanes of at least 4 members (excludes halogenated alkanes) is 6. The Labute approximate surface area is 150 Å². The molecule has 1 atom stereocenters. The van der Waals surface area contributed by atoms with Gasteiger partial charge in [-0.3, -0.25) is 10.1 Å². The fourth-order valence-corrected chi connectivity index (χ4v) is 2.65. The molecule has 0 bridgehead atoms. The summed E-state index contributed by atoms with van der Waals surface area (Å²) in [4.78, 5) is 22.3. The van der Waals surface area contributed by atoms with Gasteiger partial charge in [0.05, 0.1) is 10.5 Å². The van der Waals surface area contributed by atoms with Crippen LogP contribution in [0.3, 0.4) is 0 Å².